The molecule has 0 aliphatic heterocycles. The summed E-state index contributed by atoms with van der Waals surface area (Å²) in [5.41, 5.74) is 4.62. The maximum atomic E-state index is 6.17. The Labute approximate surface area is 101 Å². The number of nitrogens with zero attached hydrogens (tertiary/aromatic N) is 2. The van der Waals surface area contributed by atoms with Crippen molar-refractivity contribution in [3.63, 3.8) is 0 Å². The number of ether oxygens (including phenoxy) is 1. The minimum Gasteiger partial charge on any atom is -0.385 e. The third-order valence-corrected chi connectivity index (χ3v) is 3.10. The Morgan fingerprint density at radius 2 is 2.31 bits per heavy atom. The van der Waals surface area contributed by atoms with Gasteiger partial charge in [-0.05, 0) is 13.3 Å². The van der Waals surface area contributed by atoms with Crippen molar-refractivity contribution >= 4 is 11.6 Å². The highest BCUT2D eigenvalue weighted by Crippen LogP contribution is 2.21. The van der Waals surface area contributed by atoms with Crippen LogP contribution in [0, 0.1) is 6.92 Å². The average molecular weight is 247 g/mol. The molecule has 1 aromatic rings. The first-order chi connectivity index (χ1) is 7.60. The molecule has 3 N–H and O–H groups in total. The molecule has 0 amide bonds. The van der Waals surface area contributed by atoms with Crippen LogP contribution in [0.2, 0.25) is 5.02 Å². The third-order valence-electron chi connectivity index (χ3n) is 2.61. The van der Waals surface area contributed by atoms with Gasteiger partial charge in [0, 0.05) is 33.2 Å². The van der Waals surface area contributed by atoms with E-state index in [4.69, 9.17) is 22.2 Å². The van der Waals surface area contributed by atoms with Gasteiger partial charge in [0.25, 0.3) is 0 Å². The molecule has 0 radical (unpaired) electrons. The van der Waals surface area contributed by atoms with Crippen molar-refractivity contribution in [2.45, 2.75) is 25.8 Å². The fraction of sp³-hybridized carbons (Fsp3) is 0.700. The van der Waals surface area contributed by atoms with Crippen molar-refractivity contribution in [1.82, 2.24) is 15.2 Å². The van der Waals surface area contributed by atoms with E-state index in [1.54, 1.807) is 11.8 Å². The molecule has 5 nitrogen and oxygen atoms in total. The normalized spacial score (nSPS) is 13.1. The molecule has 0 aliphatic rings. The fourth-order valence-electron chi connectivity index (χ4n) is 1.64. The number of hydrogen-bond acceptors (Lipinski definition) is 4. The molecule has 0 fully saturated rings. The maximum absolute atomic E-state index is 6.17. The lowest BCUT2D eigenvalue weighted by Crippen LogP contribution is -2.38. The number of nitrogens with one attached hydrogen (secondary N) is 1. The summed E-state index contributed by atoms with van der Waals surface area (Å²) in [4.78, 5) is 0. The molecule has 0 aliphatic carbocycles. The van der Waals surface area contributed by atoms with E-state index < -0.39 is 0 Å². The van der Waals surface area contributed by atoms with Gasteiger partial charge < -0.3 is 4.74 Å². The van der Waals surface area contributed by atoms with Crippen LogP contribution in [0.5, 0.6) is 0 Å². The molecule has 0 aromatic carbocycles. The fourth-order valence-corrected chi connectivity index (χ4v) is 1.88. The molecule has 1 unspecified atom stereocenters. The van der Waals surface area contributed by atoms with E-state index >= 15 is 0 Å². The average Bonchev–Trinajstić information content (AvgIpc) is 2.50. The highest BCUT2D eigenvalue weighted by atomic mass is 35.5. The number of hydrogen-bond donors (Lipinski definition) is 2. The Morgan fingerprint density at radius 3 is 2.75 bits per heavy atom. The van der Waals surface area contributed by atoms with Crippen LogP contribution in [0.4, 0.5) is 0 Å². The third kappa shape index (κ3) is 3.18. The number of aryl methyl sites for hydroxylation is 2. The van der Waals surface area contributed by atoms with Crippen LogP contribution in [0.15, 0.2) is 0 Å². The van der Waals surface area contributed by atoms with Crippen molar-refractivity contribution in [3.05, 3.63) is 16.4 Å². The highest BCUT2D eigenvalue weighted by Gasteiger charge is 2.15. The summed E-state index contributed by atoms with van der Waals surface area (Å²) >= 11 is 6.17. The van der Waals surface area contributed by atoms with Crippen molar-refractivity contribution < 1.29 is 4.74 Å². The van der Waals surface area contributed by atoms with Gasteiger partial charge in [0.15, 0.2) is 0 Å². The smallest absolute Gasteiger partial charge is 0.0847 e. The van der Waals surface area contributed by atoms with Gasteiger partial charge in [-0.3, -0.25) is 16.0 Å². The van der Waals surface area contributed by atoms with Crippen molar-refractivity contribution in [3.8, 4) is 0 Å². The molecule has 1 atom stereocenters. The lowest BCUT2D eigenvalue weighted by Gasteiger charge is -2.15. The second-order valence-electron chi connectivity index (χ2n) is 3.82. The number of halogens is 1. The monoisotopic (exact) mass is 246 g/mol. The minimum atomic E-state index is 0.146. The number of hydrazine groups is 1. The number of aromatic nitrogens is 2. The molecule has 0 saturated carbocycles. The van der Waals surface area contributed by atoms with Crippen molar-refractivity contribution in [1.29, 1.82) is 0 Å². The highest BCUT2D eigenvalue weighted by molar-refractivity contribution is 6.31. The van der Waals surface area contributed by atoms with Gasteiger partial charge in [0.1, 0.15) is 0 Å². The van der Waals surface area contributed by atoms with Gasteiger partial charge in [-0.25, -0.2) is 0 Å². The zero-order valence-electron chi connectivity index (χ0n) is 9.96. The Hall–Kier alpha value is -0.620. The first-order valence-electron chi connectivity index (χ1n) is 5.23. The molecule has 92 valence electrons. The maximum Gasteiger partial charge on any atom is 0.0847 e. The second kappa shape index (κ2) is 6.20. The van der Waals surface area contributed by atoms with E-state index in [0.717, 1.165) is 29.3 Å². The Kier molecular flexibility index (Phi) is 5.21. The van der Waals surface area contributed by atoms with E-state index in [-0.39, 0.29) is 6.04 Å². The van der Waals surface area contributed by atoms with E-state index in [1.165, 1.54) is 0 Å². The Balaban J connectivity index is 2.69. The van der Waals surface area contributed by atoms with Gasteiger partial charge in [0.2, 0.25) is 0 Å². The molecule has 0 bridgehead atoms. The van der Waals surface area contributed by atoms with Gasteiger partial charge >= 0.3 is 0 Å². The van der Waals surface area contributed by atoms with E-state index in [1.807, 2.05) is 14.0 Å². The van der Waals surface area contributed by atoms with Crippen LogP contribution >= 0.6 is 11.6 Å². The van der Waals surface area contributed by atoms with Crippen LogP contribution in [0.1, 0.15) is 17.8 Å². The zero-order chi connectivity index (χ0) is 12.1. The van der Waals surface area contributed by atoms with E-state index in [9.17, 15) is 0 Å². The van der Waals surface area contributed by atoms with Gasteiger partial charge in [-0.1, -0.05) is 11.6 Å². The van der Waals surface area contributed by atoms with Crippen LogP contribution in [-0.4, -0.2) is 29.5 Å². The largest absolute Gasteiger partial charge is 0.385 e. The summed E-state index contributed by atoms with van der Waals surface area (Å²) in [6, 6.07) is 0.146. The first-order valence-corrected chi connectivity index (χ1v) is 5.61. The molecular weight excluding hydrogens is 228 g/mol. The van der Waals surface area contributed by atoms with Gasteiger partial charge in [-0.2, -0.15) is 5.10 Å². The predicted molar refractivity (Wildman–Crippen MR) is 64.3 cm³/mol. The Bertz CT molecular complexity index is 340. The predicted octanol–water partition coefficient (Wildman–Crippen LogP) is 0.793. The molecule has 0 saturated heterocycles. The van der Waals surface area contributed by atoms with Crippen LogP contribution in [0.25, 0.3) is 0 Å². The molecule has 1 rings (SSSR count). The van der Waals surface area contributed by atoms with Crippen molar-refractivity contribution in [2.24, 2.45) is 12.9 Å². The summed E-state index contributed by atoms with van der Waals surface area (Å²) in [5, 5.41) is 4.99. The quantitative estimate of drug-likeness (QED) is 0.576. The van der Waals surface area contributed by atoms with Crippen LogP contribution in [-0.2, 0) is 18.2 Å². The molecule has 6 heteroatoms. The lowest BCUT2D eigenvalue weighted by atomic mass is 10.1. The van der Waals surface area contributed by atoms with Gasteiger partial charge in [0.05, 0.1) is 16.4 Å². The standard InChI is InChI=1S/C10H19ClN4O/c1-7-10(11)9(15(2)14-7)6-8(13-12)4-5-16-3/h8,13H,4-6,12H2,1-3H3. The van der Waals surface area contributed by atoms with Crippen LogP contribution in [0.3, 0.4) is 0 Å². The lowest BCUT2D eigenvalue weighted by molar-refractivity contribution is 0.182. The SMILES string of the molecule is COCCC(Cc1c(Cl)c(C)nn1C)NN. The Morgan fingerprint density at radius 1 is 1.62 bits per heavy atom. The number of rotatable bonds is 6. The molecule has 16 heavy (non-hydrogen) atoms. The first kappa shape index (κ1) is 13.4. The molecular formula is C10H19ClN4O. The summed E-state index contributed by atoms with van der Waals surface area (Å²) in [7, 11) is 3.56. The topological polar surface area (TPSA) is 65.1 Å². The zero-order valence-corrected chi connectivity index (χ0v) is 10.7. The summed E-state index contributed by atoms with van der Waals surface area (Å²) in [6.45, 7) is 2.56. The minimum absolute atomic E-state index is 0.146. The number of methoxy groups -OCH3 is 1. The second-order valence-corrected chi connectivity index (χ2v) is 4.20. The summed E-state index contributed by atoms with van der Waals surface area (Å²) in [6.07, 6.45) is 1.59. The van der Waals surface area contributed by atoms with E-state index in [0.29, 0.717) is 6.61 Å². The molecule has 0 spiro atoms. The molecule has 1 aromatic heterocycles. The summed E-state index contributed by atoms with van der Waals surface area (Å²) in [5.74, 6) is 5.49. The van der Waals surface area contributed by atoms with E-state index in [2.05, 4.69) is 10.5 Å². The van der Waals surface area contributed by atoms with Crippen molar-refractivity contribution in [2.75, 3.05) is 13.7 Å². The summed E-state index contributed by atoms with van der Waals surface area (Å²) < 4.78 is 6.83. The van der Waals surface area contributed by atoms with Gasteiger partial charge in [-0.15, -0.1) is 0 Å². The number of nitrogens with two attached hydrogens (primary N) is 1. The molecule has 1 heterocycles. The van der Waals surface area contributed by atoms with Crippen LogP contribution < -0.4 is 11.3 Å².